The minimum absolute atomic E-state index is 0.520. The number of rotatable bonds is 2. The maximum absolute atomic E-state index is 5.44. The summed E-state index contributed by atoms with van der Waals surface area (Å²) in [5.41, 5.74) is 0. The largest absolute Gasteiger partial charge is 0.381 e. The van der Waals surface area contributed by atoms with Crippen molar-refractivity contribution in [2.75, 3.05) is 20.2 Å². The normalized spacial score (nSPS) is 42.2. The molecule has 0 aromatic rings. The van der Waals surface area contributed by atoms with Crippen LogP contribution in [0.5, 0.6) is 0 Å². The fourth-order valence-corrected chi connectivity index (χ4v) is 3.17. The van der Waals surface area contributed by atoms with Crippen molar-refractivity contribution in [3.8, 4) is 0 Å². The summed E-state index contributed by atoms with van der Waals surface area (Å²) >= 11 is 0. The monoisotopic (exact) mass is 226 g/mol. The van der Waals surface area contributed by atoms with Gasteiger partial charge in [-0.05, 0) is 39.5 Å². The van der Waals surface area contributed by atoms with Crippen LogP contribution in [0.3, 0.4) is 0 Å². The Kier molecular flexibility index (Phi) is 4.22. The summed E-state index contributed by atoms with van der Waals surface area (Å²) in [5, 5.41) is 3.55. The average molecular weight is 226 g/mol. The number of piperazine rings is 1. The predicted octanol–water partition coefficient (Wildman–Crippen LogP) is 1.63. The Morgan fingerprint density at radius 3 is 2.44 bits per heavy atom. The summed E-state index contributed by atoms with van der Waals surface area (Å²) in [6.45, 7) is 7.00. The maximum atomic E-state index is 5.44. The van der Waals surface area contributed by atoms with Crippen molar-refractivity contribution in [1.29, 1.82) is 0 Å². The summed E-state index contributed by atoms with van der Waals surface area (Å²) in [7, 11) is 1.85. The first-order chi connectivity index (χ1) is 7.70. The fraction of sp³-hybridized carbons (Fsp3) is 1.00. The molecule has 0 aromatic carbocycles. The van der Waals surface area contributed by atoms with Crippen molar-refractivity contribution in [3.63, 3.8) is 0 Å². The summed E-state index contributed by atoms with van der Waals surface area (Å²) in [4.78, 5) is 2.72. The molecule has 16 heavy (non-hydrogen) atoms. The Hall–Kier alpha value is -0.120. The van der Waals surface area contributed by atoms with Gasteiger partial charge in [0.25, 0.3) is 0 Å². The first kappa shape index (κ1) is 12.3. The van der Waals surface area contributed by atoms with Crippen molar-refractivity contribution in [3.05, 3.63) is 0 Å². The van der Waals surface area contributed by atoms with Crippen LogP contribution in [0.15, 0.2) is 0 Å². The number of hydrogen-bond donors (Lipinski definition) is 1. The number of nitrogens with one attached hydrogen (secondary N) is 1. The molecule has 2 fully saturated rings. The lowest BCUT2D eigenvalue weighted by Crippen LogP contribution is -2.58. The van der Waals surface area contributed by atoms with Gasteiger partial charge in [-0.15, -0.1) is 0 Å². The van der Waals surface area contributed by atoms with Crippen molar-refractivity contribution in [2.24, 2.45) is 0 Å². The van der Waals surface area contributed by atoms with Crippen molar-refractivity contribution in [1.82, 2.24) is 10.2 Å². The standard InChI is InChI=1S/C13H26N2O/c1-10-9-15(11(2)8-14-10)12-4-6-13(16-3)7-5-12/h10-14H,4-9H2,1-3H3. The highest BCUT2D eigenvalue weighted by molar-refractivity contribution is 4.88. The highest BCUT2D eigenvalue weighted by atomic mass is 16.5. The van der Waals surface area contributed by atoms with Crippen LogP contribution < -0.4 is 5.32 Å². The van der Waals surface area contributed by atoms with Gasteiger partial charge in [-0.2, -0.15) is 0 Å². The molecule has 1 saturated heterocycles. The van der Waals surface area contributed by atoms with Crippen LogP contribution in [0, 0.1) is 0 Å². The van der Waals surface area contributed by atoms with Crippen molar-refractivity contribution in [2.45, 2.75) is 63.8 Å². The van der Waals surface area contributed by atoms with Gasteiger partial charge in [0.05, 0.1) is 6.10 Å². The van der Waals surface area contributed by atoms with Gasteiger partial charge >= 0.3 is 0 Å². The predicted molar refractivity (Wildman–Crippen MR) is 66.7 cm³/mol. The molecule has 0 amide bonds. The molecule has 94 valence electrons. The third-order valence-corrected chi connectivity index (χ3v) is 4.26. The molecule has 2 atom stereocenters. The van der Waals surface area contributed by atoms with E-state index in [1.807, 2.05) is 7.11 Å². The lowest BCUT2D eigenvalue weighted by atomic mass is 9.90. The minimum Gasteiger partial charge on any atom is -0.381 e. The second kappa shape index (κ2) is 5.48. The Balaban J connectivity index is 1.87. The highest BCUT2D eigenvalue weighted by Crippen LogP contribution is 2.27. The van der Waals surface area contributed by atoms with E-state index in [-0.39, 0.29) is 0 Å². The molecule has 2 aliphatic rings. The smallest absolute Gasteiger partial charge is 0.0572 e. The van der Waals surface area contributed by atoms with Gasteiger partial charge in [-0.1, -0.05) is 0 Å². The van der Waals surface area contributed by atoms with Crippen LogP contribution in [0.2, 0.25) is 0 Å². The third-order valence-electron chi connectivity index (χ3n) is 4.26. The number of nitrogens with zero attached hydrogens (tertiary/aromatic N) is 1. The van der Waals surface area contributed by atoms with Crippen LogP contribution in [0.4, 0.5) is 0 Å². The van der Waals surface area contributed by atoms with E-state index in [0.717, 1.165) is 12.6 Å². The highest BCUT2D eigenvalue weighted by Gasteiger charge is 2.31. The first-order valence-corrected chi connectivity index (χ1v) is 6.72. The molecule has 1 saturated carbocycles. The molecule has 3 nitrogen and oxygen atoms in total. The second-order valence-corrected chi connectivity index (χ2v) is 5.52. The summed E-state index contributed by atoms with van der Waals surface area (Å²) in [6.07, 6.45) is 5.63. The zero-order valence-corrected chi connectivity index (χ0v) is 10.9. The number of ether oxygens (including phenoxy) is 1. The fourth-order valence-electron chi connectivity index (χ4n) is 3.17. The first-order valence-electron chi connectivity index (χ1n) is 6.72. The Morgan fingerprint density at radius 2 is 1.81 bits per heavy atom. The van der Waals surface area contributed by atoms with E-state index in [4.69, 9.17) is 4.74 Å². The molecule has 1 aliphatic carbocycles. The maximum Gasteiger partial charge on any atom is 0.0572 e. The van der Waals surface area contributed by atoms with Gasteiger partial charge < -0.3 is 10.1 Å². The van der Waals surface area contributed by atoms with Gasteiger partial charge in [0.15, 0.2) is 0 Å². The Morgan fingerprint density at radius 1 is 1.12 bits per heavy atom. The molecule has 0 spiro atoms. The molecule has 0 bridgehead atoms. The number of methoxy groups -OCH3 is 1. The van der Waals surface area contributed by atoms with E-state index in [1.54, 1.807) is 0 Å². The quantitative estimate of drug-likeness (QED) is 0.774. The van der Waals surface area contributed by atoms with E-state index in [0.29, 0.717) is 18.2 Å². The lowest BCUT2D eigenvalue weighted by Gasteiger charge is -2.44. The average Bonchev–Trinajstić information content (AvgIpc) is 2.32. The zero-order chi connectivity index (χ0) is 11.5. The van der Waals surface area contributed by atoms with Gasteiger partial charge in [0.2, 0.25) is 0 Å². The molecular formula is C13H26N2O. The summed E-state index contributed by atoms with van der Waals surface area (Å²) in [6, 6.07) is 2.14. The molecule has 1 heterocycles. The van der Waals surface area contributed by atoms with Crippen LogP contribution in [-0.2, 0) is 4.74 Å². The molecule has 0 radical (unpaired) electrons. The zero-order valence-electron chi connectivity index (χ0n) is 10.9. The van der Waals surface area contributed by atoms with Gasteiger partial charge in [0.1, 0.15) is 0 Å². The van der Waals surface area contributed by atoms with Crippen LogP contribution in [0.1, 0.15) is 39.5 Å². The number of hydrogen-bond acceptors (Lipinski definition) is 3. The molecule has 1 N–H and O–H groups in total. The lowest BCUT2D eigenvalue weighted by molar-refractivity contribution is 0.0166. The molecule has 2 rings (SSSR count). The van der Waals surface area contributed by atoms with E-state index < -0.39 is 0 Å². The van der Waals surface area contributed by atoms with E-state index in [2.05, 4.69) is 24.1 Å². The van der Waals surface area contributed by atoms with Crippen molar-refractivity contribution < 1.29 is 4.74 Å². The molecule has 1 aliphatic heterocycles. The van der Waals surface area contributed by atoms with Gasteiger partial charge in [-0.25, -0.2) is 0 Å². The van der Waals surface area contributed by atoms with E-state index >= 15 is 0 Å². The van der Waals surface area contributed by atoms with E-state index in [9.17, 15) is 0 Å². The molecule has 3 heteroatoms. The van der Waals surface area contributed by atoms with Crippen molar-refractivity contribution >= 4 is 0 Å². The second-order valence-electron chi connectivity index (χ2n) is 5.52. The summed E-state index contributed by atoms with van der Waals surface area (Å²) < 4.78 is 5.44. The summed E-state index contributed by atoms with van der Waals surface area (Å²) in [5.74, 6) is 0. The molecule has 0 aromatic heterocycles. The Labute approximate surface area is 99.5 Å². The Bertz CT molecular complexity index is 214. The minimum atomic E-state index is 0.520. The van der Waals surface area contributed by atoms with Gasteiger partial charge in [0, 0.05) is 38.3 Å². The SMILES string of the molecule is COC1CCC(N2CC(C)NCC2C)CC1. The topological polar surface area (TPSA) is 24.5 Å². The van der Waals surface area contributed by atoms with E-state index in [1.165, 1.54) is 32.2 Å². The van der Waals surface area contributed by atoms with Gasteiger partial charge in [-0.3, -0.25) is 4.90 Å². The van der Waals surface area contributed by atoms with Crippen LogP contribution >= 0.6 is 0 Å². The van der Waals surface area contributed by atoms with Crippen LogP contribution in [0.25, 0.3) is 0 Å². The molecule has 2 unspecified atom stereocenters. The van der Waals surface area contributed by atoms with Crippen LogP contribution in [-0.4, -0.2) is 49.3 Å². The molecular weight excluding hydrogens is 200 g/mol. The third kappa shape index (κ3) is 2.76.